The predicted molar refractivity (Wildman–Crippen MR) is 97.0 cm³/mol. The van der Waals surface area contributed by atoms with Gasteiger partial charge in [-0.25, -0.2) is 4.39 Å². The van der Waals surface area contributed by atoms with E-state index in [0.29, 0.717) is 0 Å². The second-order valence-electron chi connectivity index (χ2n) is 5.82. The summed E-state index contributed by atoms with van der Waals surface area (Å²) in [6.07, 6.45) is 4.69. The molecular weight excluding hydrogens is 322 g/mol. The van der Waals surface area contributed by atoms with Gasteiger partial charge in [0, 0.05) is 37.8 Å². The van der Waals surface area contributed by atoms with E-state index in [9.17, 15) is 4.39 Å². The van der Waals surface area contributed by atoms with E-state index < -0.39 is 0 Å². The molecule has 0 aliphatic carbocycles. The summed E-state index contributed by atoms with van der Waals surface area (Å²) in [6, 6.07) is 5.94. The number of unbranched alkanes of at least 4 members (excludes halogenated alkanes) is 2. The molecule has 1 aromatic rings. The SMILES string of the molecule is CCCCC[C@H](c1ccc(C)cc1F)N1CCNCC1.Cl.Cl. The monoisotopic (exact) mass is 350 g/mol. The highest BCUT2D eigenvalue weighted by Gasteiger charge is 2.24. The molecule has 1 aliphatic rings. The fraction of sp³-hybridized carbons (Fsp3) is 0.647. The normalized spacial score (nSPS) is 16.5. The molecule has 2 rings (SSSR count). The third-order valence-corrected chi connectivity index (χ3v) is 4.19. The highest BCUT2D eigenvalue weighted by molar-refractivity contribution is 5.85. The van der Waals surface area contributed by atoms with Crippen molar-refractivity contribution in [1.82, 2.24) is 10.2 Å². The van der Waals surface area contributed by atoms with Gasteiger partial charge in [-0.05, 0) is 25.0 Å². The molecule has 128 valence electrons. The van der Waals surface area contributed by atoms with Crippen molar-refractivity contribution in [2.45, 2.75) is 45.6 Å². The Morgan fingerprint density at radius 3 is 2.45 bits per heavy atom. The first kappa shape index (κ1) is 21.6. The van der Waals surface area contributed by atoms with E-state index in [4.69, 9.17) is 0 Å². The molecule has 0 amide bonds. The number of aryl methyl sites for hydroxylation is 1. The van der Waals surface area contributed by atoms with Crippen molar-refractivity contribution in [3.05, 3.63) is 35.1 Å². The molecule has 1 saturated heterocycles. The second-order valence-corrected chi connectivity index (χ2v) is 5.82. The molecule has 0 spiro atoms. The molecule has 0 aromatic heterocycles. The number of benzene rings is 1. The standard InChI is InChI=1S/C17H27FN2.2ClH/c1-3-4-5-6-17(20-11-9-19-10-12-20)15-8-7-14(2)13-16(15)18;;/h7-8,13,17,19H,3-6,9-12H2,1-2H3;2*1H/t17-;;/m1../s1. The van der Waals surface area contributed by atoms with Gasteiger partial charge in [0.2, 0.25) is 0 Å². The van der Waals surface area contributed by atoms with Gasteiger partial charge in [-0.1, -0.05) is 38.3 Å². The second kappa shape index (κ2) is 11.2. The lowest BCUT2D eigenvalue weighted by Crippen LogP contribution is -2.45. The average molecular weight is 351 g/mol. The van der Waals surface area contributed by atoms with Crippen LogP contribution in [0, 0.1) is 12.7 Å². The predicted octanol–water partition coefficient (Wildman–Crippen LogP) is 4.50. The van der Waals surface area contributed by atoms with Gasteiger partial charge in [0.25, 0.3) is 0 Å². The van der Waals surface area contributed by atoms with Crippen LogP contribution in [0.15, 0.2) is 18.2 Å². The highest BCUT2D eigenvalue weighted by atomic mass is 35.5. The molecule has 0 saturated carbocycles. The molecule has 0 radical (unpaired) electrons. The maximum absolute atomic E-state index is 14.3. The van der Waals surface area contributed by atoms with Gasteiger partial charge in [0.15, 0.2) is 0 Å². The van der Waals surface area contributed by atoms with Crippen LogP contribution in [0.25, 0.3) is 0 Å². The summed E-state index contributed by atoms with van der Waals surface area (Å²) in [6.45, 7) is 8.22. The Bertz CT molecular complexity index is 423. The molecule has 1 atom stereocenters. The van der Waals surface area contributed by atoms with Crippen molar-refractivity contribution >= 4 is 24.8 Å². The van der Waals surface area contributed by atoms with Crippen molar-refractivity contribution in [1.29, 1.82) is 0 Å². The van der Waals surface area contributed by atoms with Crippen LogP contribution in [0.1, 0.15) is 49.8 Å². The molecule has 0 bridgehead atoms. The Balaban J connectivity index is 0.00000220. The van der Waals surface area contributed by atoms with Gasteiger partial charge < -0.3 is 5.32 Å². The van der Waals surface area contributed by atoms with E-state index in [2.05, 4.69) is 17.1 Å². The minimum atomic E-state index is -0.0370. The zero-order valence-corrected chi connectivity index (χ0v) is 15.2. The highest BCUT2D eigenvalue weighted by Crippen LogP contribution is 2.29. The van der Waals surface area contributed by atoms with Gasteiger partial charge in [-0.2, -0.15) is 0 Å². The lowest BCUT2D eigenvalue weighted by Gasteiger charge is -2.35. The number of rotatable bonds is 6. The molecule has 1 heterocycles. The maximum atomic E-state index is 14.3. The van der Waals surface area contributed by atoms with Gasteiger partial charge in [-0.3, -0.25) is 4.90 Å². The van der Waals surface area contributed by atoms with Crippen molar-refractivity contribution in [2.75, 3.05) is 26.2 Å². The van der Waals surface area contributed by atoms with Crippen LogP contribution in [0.3, 0.4) is 0 Å². The van der Waals surface area contributed by atoms with Crippen molar-refractivity contribution in [2.24, 2.45) is 0 Å². The minimum absolute atomic E-state index is 0. The molecule has 1 fully saturated rings. The molecule has 1 aromatic carbocycles. The molecule has 2 nitrogen and oxygen atoms in total. The van der Waals surface area contributed by atoms with E-state index in [0.717, 1.165) is 43.7 Å². The van der Waals surface area contributed by atoms with Crippen LogP contribution >= 0.6 is 24.8 Å². The van der Waals surface area contributed by atoms with Crippen LogP contribution in [0.5, 0.6) is 0 Å². The number of hydrogen-bond acceptors (Lipinski definition) is 2. The molecule has 1 aliphatic heterocycles. The smallest absolute Gasteiger partial charge is 0.128 e. The summed E-state index contributed by atoms with van der Waals surface area (Å²) in [7, 11) is 0. The average Bonchev–Trinajstić information content (AvgIpc) is 2.46. The molecule has 22 heavy (non-hydrogen) atoms. The zero-order chi connectivity index (χ0) is 14.4. The molecule has 5 heteroatoms. The van der Waals surface area contributed by atoms with E-state index >= 15 is 0 Å². The van der Waals surface area contributed by atoms with Gasteiger partial charge in [-0.15, -0.1) is 24.8 Å². The topological polar surface area (TPSA) is 15.3 Å². The van der Waals surface area contributed by atoms with Crippen LogP contribution in [0.2, 0.25) is 0 Å². The number of nitrogens with one attached hydrogen (secondary N) is 1. The van der Waals surface area contributed by atoms with E-state index in [1.807, 2.05) is 19.1 Å². The van der Waals surface area contributed by atoms with Crippen LogP contribution in [-0.2, 0) is 0 Å². The van der Waals surface area contributed by atoms with Gasteiger partial charge in [0.05, 0.1) is 0 Å². The fourth-order valence-corrected chi connectivity index (χ4v) is 3.02. The Hall–Kier alpha value is -0.350. The summed E-state index contributed by atoms with van der Waals surface area (Å²) in [4.78, 5) is 2.44. The maximum Gasteiger partial charge on any atom is 0.128 e. The largest absolute Gasteiger partial charge is 0.314 e. The van der Waals surface area contributed by atoms with E-state index in [-0.39, 0.29) is 36.7 Å². The van der Waals surface area contributed by atoms with E-state index in [1.165, 1.54) is 19.3 Å². The number of halogens is 3. The summed E-state index contributed by atoms with van der Waals surface area (Å²) < 4.78 is 14.3. The minimum Gasteiger partial charge on any atom is -0.314 e. The van der Waals surface area contributed by atoms with Crippen molar-refractivity contribution in [3.8, 4) is 0 Å². The Morgan fingerprint density at radius 2 is 1.86 bits per heavy atom. The number of nitrogens with zero attached hydrogens (tertiary/aromatic N) is 1. The van der Waals surface area contributed by atoms with Gasteiger partial charge >= 0.3 is 0 Å². The fourth-order valence-electron chi connectivity index (χ4n) is 3.02. The summed E-state index contributed by atoms with van der Waals surface area (Å²) in [5, 5.41) is 3.38. The lowest BCUT2D eigenvalue weighted by atomic mass is 9.96. The summed E-state index contributed by atoms with van der Waals surface area (Å²) in [5.74, 6) is -0.0370. The lowest BCUT2D eigenvalue weighted by molar-refractivity contribution is 0.159. The van der Waals surface area contributed by atoms with Crippen molar-refractivity contribution < 1.29 is 4.39 Å². The van der Waals surface area contributed by atoms with E-state index in [1.54, 1.807) is 6.07 Å². The first-order chi connectivity index (χ1) is 9.72. The first-order valence-electron chi connectivity index (χ1n) is 7.93. The zero-order valence-electron chi connectivity index (χ0n) is 13.6. The summed E-state index contributed by atoms with van der Waals surface area (Å²) >= 11 is 0. The Kier molecular flexibility index (Phi) is 11.0. The third kappa shape index (κ3) is 6.04. The summed E-state index contributed by atoms with van der Waals surface area (Å²) in [5.41, 5.74) is 1.88. The quantitative estimate of drug-likeness (QED) is 0.759. The molecule has 1 N–H and O–H groups in total. The van der Waals surface area contributed by atoms with Crippen molar-refractivity contribution in [3.63, 3.8) is 0 Å². The molecular formula is C17H29Cl2FN2. The number of hydrogen-bond donors (Lipinski definition) is 1. The number of piperazine rings is 1. The van der Waals surface area contributed by atoms with Crippen LogP contribution < -0.4 is 5.32 Å². The Labute approximate surface area is 146 Å². The van der Waals surface area contributed by atoms with Gasteiger partial charge in [0.1, 0.15) is 5.82 Å². The van der Waals surface area contributed by atoms with Crippen LogP contribution in [-0.4, -0.2) is 31.1 Å². The molecule has 0 unspecified atom stereocenters. The van der Waals surface area contributed by atoms with Crippen LogP contribution in [0.4, 0.5) is 4.39 Å². The Morgan fingerprint density at radius 1 is 1.18 bits per heavy atom. The third-order valence-electron chi connectivity index (χ3n) is 4.19. The first-order valence-corrected chi connectivity index (χ1v) is 7.93.